The van der Waals surface area contributed by atoms with Crippen molar-refractivity contribution < 1.29 is 4.79 Å². The molecule has 23 heavy (non-hydrogen) atoms. The predicted molar refractivity (Wildman–Crippen MR) is 90.8 cm³/mol. The van der Waals surface area contributed by atoms with Crippen LogP contribution in [-0.4, -0.2) is 42.1 Å². The minimum Gasteiger partial charge on any atom is -0.353 e. The monoisotopic (exact) mass is 327 g/mol. The van der Waals surface area contributed by atoms with Crippen LogP contribution in [0, 0.1) is 18.3 Å². The highest BCUT2D eigenvalue weighted by Crippen LogP contribution is 2.20. The average Bonchev–Trinajstić information content (AvgIpc) is 3.00. The van der Waals surface area contributed by atoms with E-state index in [1.807, 2.05) is 28.7 Å². The van der Waals surface area contributed by atoms with Crippen molar-refractivity contribution in [3.8, 4) is 6.07 Å². The van der Waals surface area contributed by atoms with Crippen LogP contribution >= 0.6 is 11.3 Å². The standard InChI is InChI=1S/C16H17N5OS/c1-12-10-23-11-14(12)19-16(22)21-6-4-20(5-7-21)15-3-2-13(8-17)9-18-15/h2-3,9-11H,4-7H2,1H3,(H,19,22). The maximum Gasteiger partial charge on any atom is 0.321 e. The van der Waals surface area contributed by atoms with E-state index in [1.54, 1.807) is 23.6 Å². The Morgan fingerprint density at radius 2 is 2.09 bits per heavy atom. The number of rotatable bonds is 2. The number of carbonyl (C=O) groups is 1. The van der Waals surface area contributed by atoms with E-state index in [4.69, 9.17) is 5.26 Å². The van der Waals surface area contributed by atoms with Gasteiger partial charge in [0.25, 0.3) is 0 Å². The second kappa shape index (κ2) is 6.67. The number of urea groups is 1. The number of nitriles is 1. The Morgan fingerprint density at radius 3 is 2.65 bits per heavy atom. The van der Waals surface area contributed by atoms with Crippen LogP contribution in [0.1, 0.15) is 11.1 Å². The van der Waals surface area contributed by atoms with E-state index in [-0.39, 0.29) is 6.03 Å². The minimum atomic E-state index is -0.0565. The van der Waals surface area contributed by atoms with Gasteiger partial charge < -0.3 is 15.1 Å². The third-order valence-corrected chi connectivity index (χ3v) is 4.73. The molecule has 3 rings (SSSR count). The minimum absolute atomic E-state index is 0.0565. The maximum atomic E-state index is 12.3. The molecule has 0 saturated carbocycles. The first-order valence-corrected chi connectivity index (χ1v) is 8.31. The lowest BCUT2D eigenvalue weighted by Crippen LogP contribution is -2.50. The van der Waals surface area contributed by atoms with Crippen molar-refractivity contribution in [2.24, 2.45) is 0 Å². The van der Waals surface area contributed by atoms with Gasteiger partial charge in [-0.25, -0.2) is 9.78 Å². The SMILES string of the molecule is Cc1cscc1NC(=O)N1CCN(c2ccc(C#N)cn2)CC1. The molecule has 1 aliphatic rings. The van der Waals surface area contributed by atoms with Crippen LogP contribution in [0.25, 0.3) is 0 Å². The van der Waals surface area contributed by atoms with Gasteiger partial charge in [-0.2, -0.15) is 5.26 Å². The van der Waals surface area contributed by atoms with Gasteiger partial charge in [0.05, 0.1) is 11.3 Å². The highest BCUT2D eigenvalue weighted by atomic mass is 32.1. The van der Waals surface area contributed by atoms with Gasteiger partial charge in [0, 0.05) is 37.8 Å². The molecule has 0 aliphatic carbocycles. The van der Waals surface area contributed by atoms with Crippen molar-refractivity contribution in [3.05, 3.63) is 40.2 Å². The predicted octanol–water partition coefficient (Wildman–Crippen LogP) is 2.68. The molecule has 0 bridgehead atoms. The Bertz CT molecular complexity index is 726. The molecule has 0 radical (unpaired) electrons. The quantitative estimate of drug-likeness (QED) is 0.920. The zero-order valence-electron chi connectivity index (χ0n) is 12.8. The van der Waals surface area contributed by atoms with E-state index >= 15 is 0 Å². The van der Waals surface area contributed by atoms with Crippen molar-refractivity contribution in [1.29, 1.82) is 5.26 Å². The number of thiophene rings is 1. The molecule has 0 unspecified atom stereocenters. The van der Waals surface area contributed by atoms with Crippen LogP contribution in [0.3, 0.4) is 0 Å². The van der Waals surface area contributed by atoms with E-state index in [1.165, 1.54) is 0 Å². The molecule has 7 heteroatoms. The second-order valence-corrected chi connectivity index (χ2v) is 6.13. The zero-order chi connectivity index (χ0) is 16.2. The summed E-state index contributed by atoms with van der Waals surface area (Å²) >= 11 is 1.58. The highest BCUT2D eigenvalue weighted by Gasteiger charge is 2.22. The highest BCUT2D eigenvalue weighted by molar-refractivity contribution is 7.08. The molecule has 118 valence electrons. The molecule has 2 aromatic rings. The van der Waals surface area contributed by atoms with Crippen molar-refractivity contribution in [2.45, 2.75) is 6.92 Å². The first-order chi connectivity index (χ1) is 11.2. The molecule has 6 nitrogen and oxygen atoms in total. The number of nitrogens with zero attached hydrogens (tertiary/aromatic N) is 4. The molecule has 2 aromatic heterocycles. The Labute approximate surface area is 139 Å². The summed E-state index contributed by atoms with van der Waals surface area (Å²) in [5.41, 5.74) is 2.53. The normalized spacial score (nSPS) is 14.4. The van der Waals surface area contributed by atoms with Crippen molar-refractivity contribution in [2.75, 3.05) is 36.4 Å². The van der Waals surface area contributed by atoms with Crippen LogP contribution in [0.2, 0.25) is 0 Å². The van der Waals surface area contributed by atoms with Crippen LogP contribution in [0.5, 0.6) is 0 Å². The molecule has 0 atom stereocenters. The van der Waals surface area contributed by atoms with Crippen LogP contribution in [0.15, 0.2) is 29.1 Å². The fourth-order valence-corrected chi connectivity index (χ4v) is 3.24. The Balaban J connectivity index is 1.56. The van der Waals surface area contributed by atoms with Crippen LogP contribution in [0.4, 0.5) is 16.3 Å². The van der Waals surface area contributed by atoms with Gasteiger partial charge in [0.15, 0.2) is 0 Å². The number of hydrogen-bond donors (Lipinski definition) is 1. The fourth-order valence-electron chi connectivity index (χ4n) is 2.46. The number of pyridine rings is 1. The summed E-state index contributed by atoms with van der Waals surface area (Å²) in [5, 5.41) is 15.7. The lowest BCUT2D eigenvalue weighted by molar-refractivity contribution is 0.208. The van der Waals surface area contributed by atoms with Crippen LogP contribution < -0.4 is 10.2 Å². The van der Waals surface area contributed by atoms with Gasteiger partial charge in [0.1, 0.15) is 11.9 Å². The van der Waals surface area contributed by atoms with Gasteiger partial charge in [-0.1, -0.05) is 0 Å². The van der Waals surface area contributed by atoms with Gasteiger partial charge in [0.2, 0.25) is 0 Å². The molecule has 2 amide bonds. The number of aromatic nitrogens is 1. The molecule has 1 saturated heterocycles. The largest absolute Gasteiger partial charge is 0.353 e. The lowest BCUT2D eigenvalue weighted by atomic mass is 10.2. The van der Waals surface area contributed by atoms with E-state index in [0.717, 1.165) is 30.2 Å². The molecule has 1 fully saturated rings. The maximum absolute atomic E-state index is 12.3. The van der Waals surface area contributed by atoms with E-state index in [9.17, 15) is 4.79 Å². The van der Waals surface area contributed by atoms with Crippen molar-refractivity contribution >= 4 is 28.9 Å². The van der Waals surface area contributed by atoms with Crippen molar-refractivity contribution in [1.82, 2.24) is 9.88 Å². The number of piperazine rings is 1. The fraction of sp³-hybridized carbons (Fsp3) is 0.312. The zero-order valence-corrected chi connectivity index (χ0v) is 13.6. The number of anilines is 2. The third-order valence-electron chi connectivity index (χ3n) is 3.86. The van der Waals surface area contributed by atoms with Gasteiger partial charge in [-0.05, 0) is 30.0 Å². The smallest absolute Gasteiger partial charge is 0.321 e. The van der Waals surface area contributed by atoms with E-state index in [2.05, 4.69) is 21.3 Å². The molecular formula is C16H17N5OS. The number of carbonyl (C=O) groups excluding carboxylic acids is 1. The van der Waals surface area contributed by atoms with E-state index < -0.39 is 0 Å². The summed E-state index contributed by atoms with van der Waals surface area (Å²) in [5.74, 6) is 0.845. The molecule has 1 aliphatic heterocycles. The Kier molecular flexibility index (Phi) is 4.44. The number of amides is 2. The van der Waals surface area contributed by atoms with E-state index in [0.29, 0.717) is 18.7 Å². The van der Waals surface area contributed by atoms with Crippen molar-refractivity contribution in [3.63, 3.8) is 0 Å². The Morgan fingerprint density at radius 1 is 1.30 bits per heavy atom. The average molecular weight is 327 g/mol. The second-order valence-electron chi connectivity index (χ2n) is 5.39. The number of hydrogen-bond acceptors (Lipinski definition) is 5. The van der Waals surface area contributed by atoms with Crippen LogP contribution in [-0.2, 0) is 0 Å². The summed E-state index contributed by atoms with van der Waals surface area (Å²) in [4.78, 5) is 20.5. The summed E-state index contributed by atoms with van der Waals surface area (Å²) in [6.07, 6.45) is 1.58. The molecule has 1 N–H and O–H groups in total. The van der Waals surface area contributed by atoms with Gasteiger partial charge >= 0.3 is 6.03 Å². The summed E-state index contributed by atoms with van der Waals surface area (Å²) in [6, 6.07) is 5.62. The van der Waals surface area contributed by atoms with Gasteiger partial charge in [-0.3, -0.25) is 0 Å². The molecule has 0 spiro atoms. The first-order valence-electron chi connectivity index (χ1n) is 7.37. The summed E-state index contributed by atoms with van der Waals surface area (Å²) < 4.78 is 0. The van der Waals surface area contributed by atoms with Gasteiger partial charge in [-0.15, -0.1) is 11.3 Å². The first kappa shape index (κ1) is 15.3. The number of aryl methyl sites for hydroxylation is 1. The molecular weight excluding hydrogens is 310 g/mol. The third kappa shape index (κ3) is 3.43. The number of nitrogens with one attached hydrogen (secondary N) is 1. The Hall–Kier alpha value is -2.59. The lowest BCUT2D eigenvalue weighted by Gasteiger charge is -2.35. The molecule has 0 aromatic carbocycles. The molecule has 3 heterocycles. The topological polar surface area (TPSA) is 72.3 Å². The summed E-state index contributed by atoms with van der Waals surface area (Å²) in [7, 11) is 0. The summed E-state index contributed by atoms with van der Waals surface area (Å²) in [6.45, 7) is 4.75.